The zero-order chi connectivity index (χ0) is 27.4. The third kappa shape index (κ3) is 5.97. The van der Waals surface area contributed by atoms with Crippen LogP contribution in [0.4, 0.5) is 0 Å². The van der Waals surface area contributed by atoms with Gasteiger partial charge in [-0.1, -0.05) is 12.1 Å². The number of benzene rings is 3. The lowest BCUT2D eigenvalue weighted by molar-refractivity contribution is 0.0342. The summed E-state index contributed by atoms with van der Waals surface area (Å²) in [4.78, 5) is 27.1. The molecule has 0 amide bonds. The molecule has 10 nitrogen and oxygen atoms in total. The molecule has 1 saturated heterocycles. The van der Waals surface area contributed by atoms with Gasteiger partial charge in [-0.25, -0.2) is 4.79 Å². The number of hydrogen-bond acceptors (Lipinski definition) is 10. The van der Waals surface area contributed by atoms with Crippen molar-refractivity contribution in [1.29, 1.82) is 0 Å². The third-order valence-electron chi connectivity index (χ3n) is 6.37. The summed E-state index contributed by atoms with van der Waals surface area (Å²) < 4.78 is 22.0. The second kappa shape index (κ2) is 11.5. The van der Waals surface area contributed by atoms with Gasteiger partial charge in [0.25, 0.3) is 0 Å². The molecule has 39 heavy (non-hydrogen) atoms. The summed E-state index contributed by atoms with van der Waals surface area (Å²) in [5, 5.41) is 29.1. The standard InChI is InChI=1S/C29H27NO9/c31-22-15-24(39-25-16-23(32)27(33)28(34)26(22)25)19-5-7-21(8-6-19)37-13-14-38-29(35)20-3-1-18(2-4-20)17-30-9-11-36-12-10-30/h1-8,15-16,32-34H,9-14,17H2. The second-order valence-corrected chi connectivity index (χ2v) is 9.04. The summed E-state index contributed by atoms with van der Waals surface area (Å²) in [5.41, 5.74) is 1.50. The minimum atomic E-state index is -0.785. The molecule has 3 N–H and O–H groups in total. The average molecular weight is 534 g/mol. The first-order valence-corrected chi connectivity index (χ1v) is 12.4. The highest BCUT2D eigenvalue weighted by Crippen LogP contribution is 2.40. The maximum Gasteiger partial charge on any atom is 0.338 e. The van der Waals surface area contributed by atoms with Crippen molar-refractivity contribution in [1.82, 2.24) is 4.90 Å². The number of fused-ring (bicyclic) bond motifs is 1. The summed E-state index contributed by atoms with van der Waals surface area (Å²) in [6.07, 6.45) is 0. The van der Waals surface area contributed by atoms with Crippen molar-refractivity contribution >= 4 is 16.9 Å². The van der Waals surface area contributed by atoms with E-state index in [4.69, 9.17) is 18.6 Å². The van der Waals surface area contributed by atoms with Crippen LogP contribution >= 0.6 is 0 Å². The van der Waals surface area contributed by atoms with Gasteiger partial charge in [0.2, 0.25) is 5.75 Å². The van der Waals surface area contributed by atoms with E-state index in [1.807, 2.05) is 12.1 Å². The molecule has 2 heterocycles. The molecule has 0 aliphatic carbocycles. The normalized spacial score (nSPS) is 13.8. The molecule has 10 heteroatoms. The highest BCUT2D eigenvalue weighted by Gasteiger charge is 2.17. The Balaban J connectivity index is 1.13. The molecule has 1 aromatic heterocycles. The molecule has 1 aliphatic rings. The van der Waals surface area contributed by atoms with Crippen molar-refractivity contribution in [3.8, 4) is 34.3 Å². The molecular formula is C29H27NO9. The van der Waals surface area contributed by atoms with E-state index in [9.17, 15) is 24.9 Å². The fourth-order valence-corrected chi connectivity index (χ4v) is 4.28. The first-order valence-electron chi connectivity index (χ1n) is 12.4. The van der Waals surface area contributed by atoms with Gasteiger partial charge in [-0.2, -0.15) is 0 Å². The zero-order valence-electron chi connectivity index (χ0n) is 21.0. The van der Waals surface area contributed by atoms with Gasteiger partial charge in [0.05, 0.1) is 18.8 Å². The van der Waals surface area contributed by atoms with Crippen molar-refractivity contribution in [2.24, 2.45) is 0 Å². The summed E-state index contributed by atoms with van der Waals surface area (Å²) in [7, 11) is 0. The summed E-state index contributed by atoms with van der Waals surface area (Å²) in [5.74, 6) is -1.84. The van der Waals surface area contributed by atoms with Crippen LogP contribution in [-0.2, 0) is 16.0 Å². The van der Waals surface area contributed by atoms with Crippen LogP contribution in [-0.4, -0.2) is 65.7 Å². The van der Waals surface area contributed by atoms with Gasteiger partial charge in [0.15, 0.2) is 16.9 Å². The molecule has 202 valence electrons. The van der Waals surface area contributed by atoms with Crippen LogP contribution in [0.5, 0.6) is 23.0 Å². The Bertz CT molecular complexity index is 1520. The quantitative estimate of drug-likeness (QED) is 0.175. The van der Waals surface area contributed by atoms with E-state index < -0.39 is 28.6 Å². The Morgan fingerprint density at radius 2 is 1.62 bits per heavy atom. The van der Waals surface area contributed by atoms with Crippen LogP contribution in [0.15, 0.2) is 69.9 Å². The van der Waals surface area contributed by atoms with E-state index >= 15 is 0 Å². The number of hydrogen-bond donors (Lipinski definition) is 3. The smallest absolute Gasteiger partial charge is 0.338 e. The molecule has 0 radical (unpaired) electrons. The highest BCUT2D eigenvalue weighted by molar-refractivity contribution is 5.90. The fourth-order valence-electron chi connectivity index (χ4n) is 4.28. The second-order valence-electron chi connectivity index (χ2n) is 9.04. The predicted octanol–water partition coefficient (Wildman–Crippen LogP) is 3.64. The minimum Gasteiger partial charge on any atom is -0.504 e. The van der Waals surface area contributed by atoms with E-state index in [-0.39, 0.29) is 29.9 Å². The number of ether oxygens (including phenoxy) is 3. The maximum atomic E-state index is 12.5. The topological polar surface area (TPSA) is 139 Å². The van der Waals surface area contributed by atoms with Crippen LogP contribution in [0.2, 0.25) is 0 Å². The van der Waals surface area contributed by atoms with E-state index in [2.05, 4.69) is 4.90 Å². The number of esters is 1. The van der Waals surface area contributed by atoms with Gasteiger partial charge >= 0.3 is 5.97 Å². The van der Waals surface area contributed by atoms with Gasteiger partial charge in [-0.15, -0.1) is 0 Å². The number of carbonyl (C=O) groups is 1. The zero-order valence-corrected chi connectivity index (χ0v) is 21.0. The molecule has 0 spiro atoms. The minimum absolute atomic E-state index is 0.0650. The SMILES string of the molecule is O=C(OCCOc1ccc(-c2cc(=O)c3c(O)c(O)c(O)cc3o2)cc1)c1ccc(CN2CCOCC2)cc1. The number of rotatable bonds is 8. The van der Waals surface area contributed by atoms with Crippen LogP contribution in [0.1, 0.15) is 15.9 Å². The lowest BCUT2D eigenvalue weighted by Crippen LogP contribution is -2.35. The van der Waals surface area contributed by atoms with Crippen molar-refractivity contribution in [3.63, 3.8) is 0 Å². The fraction of sp³-hybridized carbons (Fsp3) is 0.241. The van der Waals surface area contributed by atoms with E-state index in [1.165, 1.54) is 6.07 Å². The lowest BCUT2D eigenvalue weighted by Gasteiger charge is -2.26. The van der Waals surface area contributed by atoms with Crippen molar-refractivity contribution in [3.05, 3.63) is 82.0 Å². The number of aromatic hydroxyl groups is 3. The number of morpholine rings is 1. The van der Waals surface area contributed by atoms with Crippen LogP contribution in [0.25, 0.3) is 22.3 Å². The largest absolute Gasteiger partial charge is 0.504 e. The Hall–Kier alpha value is -4.54. The number of phenolic OH excluding ortho intramolecular Hbond substituents is 3. The van der Waals surface area contributed by atoms with E-state index in [1.54, 1.807) is 36.4 Å². The highest BCUT2D eigenvalue weighted by atomic mass is 16.6. The van der Waals surface area contributed by atoms with Crippen molar-refractivity contribution in [2.75, 3.05) is 39.5 Å². The monoisotopic (exact) mass is 533 g/mol. The molecule has 1 aliphatic heterocycles. The lowest BCUT2D eigenvalue weighted by atomic mass is 10.1. The first-order chi connectivity index (χ1) is 18.9. The number of carbonyl (C=O) groups excluding carboxylic acids is 1. The summed E-state index contributed by atoms with van der Waals surface area (Å²) in [6, 6.07) is 16.3. The Morgan fingerprint density at radius 3 is 2.33 bits per heavy atom. The van der Waals surface area contributed by atoms with Gasteiger partial charge in [0, 0.05) is 37.3 Å². The molecule has 0 bridgehead atoms. The third-order valence-corrected chi connectivity index (χ3v) is 6.37. The van der Waals surface area contributed by atoms with Gasteiger partial charge in [0.1, 0.15) is 35.7 Å². The van der Waals surface area contributed by atoms with Gasteiger partial charge in [-0.3, -0.25) is 9.69 Å². The number of phenols is 3. The van der Waals surface area contributed by atoms with E-state index in [0.717, 1.165) is 44.5 Å². The van der Waals surface area contributed by atoms with Crippen molar-refractivity contribution < 1.29 is 38.7 Å². The van der Waals surface area contributed by atoms with Crippen LogP contribution in [0.3, 0.4) is 0 Å². The Kier molecular flexibility index (Phi) is 7.67. The first kappa shape index (κ1) is 26.1. The van der Waals surface area contributed by atoms with Crippen LogP contribution < -0.4 is 10.2 Å². The predicted molar refractivity (Wildman–Crippen MR) is 141 cm³/mol. The van der Waals surface area contributed by atoms with Crippen LogP contribution in [0, 0.1) is 0 Å². The molecule has 5 rings (SSSR count). The van der Waals surface area contributed by atoms with Crippen molar-refractivity contribution in [2.45, 2.75) is 6.54 Å². The molecule has 0 unspecified atom stereocenters. The molecule has 0 saturated carbocycles. The van der Waals surface area contributed by atoms with Gasteiger partial charge in [-0.05, 0) is 42.0 Å². The summed E-state index contributed by atoms with van der Waals surface area (Å²) in [6.45, 7) is 4.30. The Morgan fingerprint density at radius 1 is 0.897 bits per heavy atom. The molecule has 1 fully saturated rings. The molecule has 3 aromatic carbocycles. The Labute approximate surface area is 223 Å². The average Bonchev–Trinajstić information content (AvgIpc) is 2.95. The molecule has 4 aromatic rings. The maximum absolute atomic E-state index is 12.5. The van der Waals surface area contributed by atoms with Gasteiger partial charge < -0.3 is 33.9 Å². The van der Waals surface area contributed by atoms with E-state index in [0.29, 0.717) is 16.9 Å². The summed E-state index contributed by atoms with van der Waals surface area (Å²) >= 11 is 0. The molecule has 0 atom stereocenters. The number of nitrogens with zero attached hydrogens (tertiary/aromatic N) is 1. The molecular weight excluding hydrogens is 506 g/mol.